The minimum absolute atomic E-state index is 0.267. The number of benzene rings is 1. The van der Waals surface area contributed by atoms with Crippen LogP contribution in [0.25, 0.3) is 0 Å². The Kier molecular flexibility index (Phi) is 3.16. The van der Waals surface area contributed by atoms with Crippen molar-refractivity contribution in [1.82, 2.24) is 0 Å². The van der Waals surface area contributed by atoms with Gasteiger partial charge in [-0.25, -0.2) is 0 Å². The van der Waals surface area contributed by atoms with Crippen LogP contribution in [0.4, 0.5) is 5.69 Å². The minimum atomic E-state index is -0.267. The Bertz CT molecular complexity index is 509. The molecule has 4 aliphatic rings. The molecule has 4 saturated carbocycles. The van der Waals surface area contributed by atoms with E-state index in [9.17, 15) is 4.79 Å². The van der Waals surface area contributed by atoms with Crippen LogP contribution < -0.4 is 11.1 Å². The third kappa shape index (κ3) is 2.54. The van der Waals surface area contributed by atoms with Crippen molar-refractivity contribution in [1.29, 1.82) is 0 Å². The molecular weight excluding hydrogens is 260 g/mol. The second-order valence-electron chi connectivity index (χ2n) is 7.44. The van der Waals surface area contributed by atoms with Gasteiger partial charge < -0.3 is 11.1 Å². The SMILES string of the molecule is NC(=O)Cc1ccc(NC2C3CC4CC(C3)CC2C4)cc1. The Morgan fingerprint density at radius 2 is 1.57 bits per heavy atom. The molecule has 3 heteroatoms. The number of amides is 1. The molecule has 3 nitrogen and oxygen atoms in total. The number of carbonyl (C=O) groups is 1. The molecule has 4 bridgehead atoms. The lowest BCUT2D eigenvalue weighted by atomic mass is 9.54. The summed E-state index contributed by atoms with van der Waals surface area (Å²) in [5, 5.41) is 3.79. The van der Waals surface area contributed by atoms with Gasteiger partial charge in [-0.15, -0.1) is 0 Å². The summed E-state index contributed by atoms with van der Waals surface area (Å²) < 4.78 is 0. The van der Waals surface area contributed by atoms with Crippen LogP contribution in [-0.2, 0) is 11.2 Å². The number of hydrogen-bond acceptors (Lipinski definition) is 2. The van der Waals surface area contributed by atoms with Gasteiger partial charge in [0, 0.05) is 11.7 Å². The number of primary amides is 1. The lowest BCUT2D eigenvalue weighted by Gasteiger charge is -2.54. The zero-order valence-electron chi connectivity index (χ0n) is 12.4. The summed E-state index contributed by atoms with van der Waals surface area (Å²) in [4.78, 5) is 10.9. The molecule has 0 heterocycles. The zero-order chi connectivity index (χ0) is 14.4. The van der Waals surface area contributed by atoms with E-state index in [0.717, 1.165) is 29.2 Å². The van der Waals surface area contributed by atoms with Gasteiger partial charge in [0.05, 0.1) is 6.42 Å². The number of anilines is 1. The molecule has 0 atom stereocenters. The third-order valence-electron chi connectivity index (χ3n) is 5.89. The normalized spacial score (nSPS) is 36.7. The second-order valence-corrected chi connectivity index (χ2v) is 7.44. The summed E-state index contributed by atoms with van der Waals surface area (Å²) in [6.45, 7) is 0. The molecule has 0 radical (unpaired) electrons. The molecule has 0 aromatic heterocycles. The van der Waals surface area contributed by atoms with Gasteiger partial charge in [0.2, 0.25) is 5.91 Å². The summed E-state index contributed by atoms with van der Waals surface area (Å²) in [7, 11) is 0. The lowest BCUT2D eigenvalue weighted by molar-refractivity contribution is -0.117. The van der Waals surface area contributed by atoms with E-state index in [1.165, 1.54) is 37.8 Å². The van der Waals surface area contributed by atoms with Crippen molar-refractivity contribution in [2.75, 3.05) is 5.32 Å². The number of rotatable bonds is 4. The fourth-order valence-corrected chi connectivity index (χ4v) is 5.27. The Balaban J connectivity index is 1.45. The highest BCUT2D eigenvalue weighted by Gasteiger charge is 2.48. The van der Waals surface area contributed by atoms with Crippen LogP contribution in [0.1, 0.15) is 37.7 Å². The maximum Gasteiger partial charge on any atom is 0.221 e. The molecule has 0 aliphatic heterocycles. The van der Waals surface area contributed by atoms with E-state index in [2.05, 4.69) is 17.4 Å². The molecule has 1 amide bonds. The highest BCUT2D eigenvalue weighted by Crippen LogP contribution is 2.54. The van der Waals surface area contributed by atoms with E-state index in [1.54, 1.807) is 0 Å². The highest BCUT2D eigenvalue weighted by atomic mass is 16.1. The average molecular weight is 284 g/mol. The van der Waals surface area contributed by atoms with Crippen molar-refractivity contribution in [3.05, 3.63) is 29.8 Å². The van der Waals surface area contributed by atoms with Crippen LogP contribution in [0.2, 0.25) is 0 Å². The van der Waals surface area contributed by atoms with Crippen LogP contribution in [0.5, 0.6) is 0 Å². The fourth-order valence-electron chi connectivity index (χ4n) is 5.27. The predicted molar refractivity (Wildman–Crippen MR) is 83.8 cm³/mol. The van der Waals surface area contributed by atoms with Crippen molar-refractivity contribution in [2.24, 2.45) is 29.4 Å². The van der Waals surface area contributed by atoms with Gasteiger partial charge in [-0.2, -0.15) is 0 Å². The maximum absolute atomic E-state index is 10.9. The third-order valence-corrected chi connectivity index (χ3v) is 5.89. The molecule has 5 rings (SSSR count). The Hall–Kier alpha value is -1.51. The molecule has 0 unspecified atom stereocenters. The first-order valence-corrected chi connectivity index (χ1v) is 8.31. The van der Waals surface area contributed by atoms with Gasteiger partial charge in [0.1, 0.15) is 0 Å². The molecule has 1 aromatic carbocycles. The molecule has 3 N–H and O–H groups in total. The Labute approximate surface area is 126 Å². The quantitative estimate of drug-likeness (QED) is 0.893. The first-order valence-electron chi connectivity index (χ1n) is 8.31. The second kappa shape index (κ2) is 5.04. The van der Waals surface area contributed by atoms with Crippen molar-refractivity contribution in [3.8, 4) is 0 Å². The first kappa shape index (κ1) is 13.2. The number of nitrogens with two attached hydrogens (primary N) is 1. The van der Waals surface area contributed by atoms with Gasteiger partial charge in [-0.05, 0) is 73.5 Å². The van der Waals surface area contributed by atoms with Crippen molar-refractivity contribution >= 4 is 11.6 Å². The molecule has 4 aliphatic carbocycles. The molecule has 112 valence electrons. The Morgan fingerprint density at radius 1 is 1.00 bits per heavy atom. The minimum Gasteiger partial charge on any atom is -0.382 e. The van der Waals surface area contributed by atoms with E-state index in [4.69, 9.17) is 5.73 Å². The van der Waals surface area contributed by atoms with Crippen LogP contribution in [-0.4, -0.2) is 11.9 Å². The predicted octanol–water partition coefficient (Wildman–Crippen LogP) is 2.95. The van der Waals surface area contributed by atoms with Gasteiger partial charge in [-0.3, -0.25) is 4.79 Å². The van der Waals surface area contributed by atoms with E-state index in [1.807, 2.05) is 12.1 Å². The largest absolute Gasteiger partial charge is 0.382 e. The fraction of sp³-hybridized carbons (Fsp3) is 0.611. The van der Waals surface area contributed by atoms with Gasteiger partial charge in [0.15, 0.2) is 0 Å². The zero-order valence-corrected chi connectivity index (χ0v) is 12.4. The lowest BCUT2D eigenvalue weighted by Crippen LogP contribution is -2.51. The van der Waals surface area contributed by atoms with Crippen LogP contribution >= 0.6 is 0 Å². The van der Waals surface area contributed by atoms with Gasteiger partial charge in [0.25, 0.3) is 0 Å². The molecule has 0 saturated heterocycles. The van der Waals surface area contributed by atoms with E-state index < -0.39 is 0 Å². The van der Waals surface area contributed by atoms with E-state index in [0.29, 0.717) is 12.5 Å². The van der Waals surface area contributed by atoms with E-state index in [-0.39, 0.29) is 5.91 Å². The maximum atomic E-state index is 10.9. The number of nitrogens with one attached hydrogen (secondary N) is 1. The van der Waals surface area contributed by atoms with Crippen LogP contribution in [0.3, 0.4) is 0 Å². The summed E-state index contributed by atoms with van der Waals surface area (Å²) >= 11 is 0. The average Bonchev–Trinajstić information content (AvgIpc) is 2.43. The summed E-state index contributed by atoms with van der Waals surface area (Å²) in [6.07, 6.45) is 7.57. The Morgan fingerprint density at radius 3 is 2.10 bits per heavy atom. The number of carbonyl (C=O) groups excluding carboxylic acids is 1. The van der Waals surface area contributed by atoms with Crippen molar-refractivity contribution in [2.45, 2.75) is 44.6 Å². The first-order chi connectivity index (χ1) is 10.2. The van der Waals surface area contributed by atoms with Crippen molar-refractivity contribution < 1.29 is 4.79 Å². The van der Waals surface area contributed by atoms with Crippen LogP contribution in [0.15, 0.2) is 24.3 Å². The van der Waals surface area contributed by atoms with Gasteiger partial charge >= 0.3 is 0 Å². The van der Waals surface area contributed by atoms with Crippen LogP contribution in [0, 0.1) is 23.7 Å². The van der Waals surface area contributed by atoms with Crippen molar-refractivity contribution in [3.63, 3.8) is 0 Å². The highest BCUT2D eigenvalue weighted by molar-refractivity contribution is 5.76. The number of hydrogen-bond donors (Lipinski definition) is 2. The molecule has 21 heavy (non-hydrogen) atoms. The molecule has 4 fully saturated rings. The summed E-state index contributed by atoms with van der Waals surface area (Å²) in [6, 6.07) is 8.90. The summed E-state index contributed by atoms with van der Waals surface area (Å²) in [5.74, 6) is 3.53. The monoisotopic (exact) mass is 284 g/mol. The summed E-state index contributed by atoms with van der Waals surface area (Å²) in [5.41, 5.74) is 7.43. The standard InChI is InChI=1S/C18H24N2O/c19-17(21)10-11-1-3-16(4-2-11)20-18-14-6-12-5-13(8-14)9-15(18)7-12/h1-4,12-15,18,20H,5-10H2,(H2,19,21). The topological polar surface area (TPSA) is 55.1 Å². The molecule has 1 aromatic rings. The van der Waals surface area contributed by atoms with E-state index >= 15 is 0 Å². The molecule has 0 spiro atoms. The molecular formula is C18H24N2O. The van der Waals surface area contributed by atoms with Gasteiger partial charge in [-0.1, -0.05) is 12.1 Å². The smallest absolute Gasteiger partial charge is 0.221 e.